The van der Waals surface area contributed by atoms with Crippen molar-refractivity contribution >= 4 is 109 Å². The topological polar surface area (TPSA) is 43.0 Å². The molecular weight excluding hydrogens is 709 g/mol. The van der Waals surface area contributed by atoms with Gasteiger partial charge in [0.25, 0.3) is 0 Å². The zero-order valence-corrected chi connectivity index (χ0v) is 33.3. The summed E-state index contributed by atoms with van der Waals surface area (Å²) in [5.74, 6) is -0.184. The first kappa shape index (κ1) is 32.3. The Bertz CT molecular complexity index is 3410. The maximum atomic E-state index is 16.1. The number of ketones is 2. The van der Waals surface area contributed by atoms with Crippen LogP contribution in [0.15, 0.2) is 121 Å². The van der Waals surface area contributed by atoms with E-state index in [-0.39, 0.29) is 22.4 Å². The third-order valence-electron chi connectivity index (χ3n) is 13.5. The number of carbonyl (C=O) groups excluding carboxylic acids is 2. The molecule has 0 spiro atoms. The van der Waals surface area contributed by atoms with E-state index in [4.69, 9.17) is 0 Å². The number of hydrogen-bond acceptors (Lipinski definition) is 2. The van der Waals surface area contributed by atoms with Crippen molar-refractivity contribution in [2.45, 2.75) is 52.4 Å². The van der Waals surface area contributed by atoms with Crippen LogP contribution in [0.25, 0.3) is 97.7 Å². The first-order valence-electron chi connectivity index (χ1n) is 20.4. The van der Waals surface area contributed by atoms with Crippen LogP contribution >= 0.6 is 0 Å². The smallest absolute Gasteiger partial charge is 0.198 e. The Balaban J connectivity index is 1.30. The SMILES string of the molecule is CC(C)(C)c1cc2c3ccccc3c3c4c(c5c6ccccc6c(c1)c2n35)C(=O)c1c(c2c3ccccc3c3cc(C(C)(C)C)cc5c6ccccc6c1n2c35)C4=O. The number of pyridine rings is 4. The van der Waals surface area contributed by atoms with Crippen molar-refractivity contribution in [3.63, 3.8) is 0 Å². The van der Waals surface area contributed by atoms with Gasteiger partial charge in [-0.1, -0.05) is 139 Å². The van der Waals surface area contributed by atoms with Gasteiger partial charge in [0.1, 0.15) is 0 Å². The van der Waals surface area contributed by atoms with E-state index >= 15 is 9.59 Å². The Morgan fingerprint density at radius 2 is 0.534 bits per heavy atom. The molecule has 12 aromatic rings. The van der Waals surface area contributed by atoms with Gasteiger partial charge in [0.05, 0.1) is 55.4 Å². The zero-order chi connectivity index (χ0) is 39.3. The second-order valence-electron chi connectivity index (χ2n) is 18.7. The summed E-state index contributed by atoms with van der Waals surface area (Å²) < 4.78 is 4.56. The van der Waals surface area contributed by atoms with Crippen molar-refractivity contribution in [2.24, 2.45) is 0 Å². The van der Waals surface area contributed by atoms with Gasteiger partial charge in [0.2, 0.25) is 0 Å². The molecule has 0 atom stereocenters. The largest absolute Gasteiger partial charge is 0.306 e. The van der Waals surface area contributed by atoms with Crippen molar-refractivity contribution < 1.29 is 9.59 Å². The summed E-state index contributed by atoms with van der Waals surface area (Å²) in [7, 11) is 0. The van der Waals surface area contributed by atoms with Gasteiger partial charge in [-0.3, -0.25) is 9.59 Å². The highest BCUT2D eigenvalue weighted by molar-refractivity contribution is 6.45. The fourth-order valence-electron chi connectivity index (χ4n) is 10.9. The molecule has 276 valence electrons. The van der Waals surface area contributed by atoms with Crippen LogP contribution in [0.1, 0.15) is 84.5 Å². The molecule has 1 aliphatic rings. The second-order valence-corrected chi connectivity index (χ2v) is 18.7. The van der Waals surface area contributed by atoms with Crippen LogP contribution in [0.2, 0.25) is 0 Å². The number of aromatic nitrogens is 2. The number of benzene rings is 6. The molecule has 0 fully saturated rings. The zero-order valence-electron chi connectivity index (χ0n) is 33.3. The predicted molar refractivity (Wildman–Crippen MR) is 241 cm³/mol. The van der Waals surface area contributed by atoms with Crippen LogP contribution in [0, 0.1) is 0 Å². The lowest BCUT2D eigenvalue weighted by atomic mass is 9.84. The van der Waals surface area contributed by atoms with Gasteiger partial charge in [0.15, 0.2) is 11.6 Å². The molecule has 0 saturated heterocycles. The lowest BCUT2D eigenvalue weighted by Crippen LogP contribution is -2.18. The average molecular weight is 747 g/mol. The van der Waals surface area contributed by atoms with E-state index in [2.05, 4.69) is 172 Å². The monoisotopic (exact) mass is 746 g/mol. The van der Waals surface area contributed by atoms with Gasteiger partial charge < -0.3 is 8.80 Å². The molecule has 0 amide bonds. The van der Waals surface area contributed by atoms with Crippen LogP contribution in [0.3, 0.4) is 0 Å². The molecule has 0 unspecified atom stereocenters. The van der Waals surface area contributed by atoms with Crippen LogP contribution in [-0.2, 0) is 10.8 Å². The van der Waals surface area contributed by atoms with Gasteiger partial charge >= 0.3 is 0 Å². The van der Waals surface area contributed by atoms with Crippen LogP contribution in [0.5, 0.6) is 0 Å². The van der Waals surface area contributed by atoms with Crippen LogP contribution in [-0.4, -0.2) is 20.4 Å². The molecule has 13 rings (SSSR count). The Morgan fingerprint density at radius 3 is 0.759 bits per heavy atom. The molecule has 0 N–H and O–H groups in total. The normalized spacial score (nSPS) is 14.1. The Hall–Kier alpha value is -6.78. The van der Waals surface area contributed by atoms with Crippen molar-refractivity contribution in [3.8, 4) is 0 Å². The van der Waals surface area contributed by atoms with E-state index in [1.54, 1.807) is 0 Å². The Kier molecular flexibility index (Phi) is 5.68. The van der Waals surface area contributed by atoms with Crippen molar-refractivity contribution in [2.75, 3.05) is 0 Å². The third-order valence-corrected chi connectivity index (χ3v) is 13.5. The molecule has 6 aromatic carbocycles. The van der Waals surface area contributed by atoms with Gasteiger partial charge in [-0.05, 0) is 67.8 Å². The second kappa shape index (κ2) is 10.2. The summed E-state index contributed by atoms with van der Waals surface area (Å²) in [5, 5.41) is 12.8. The van der Waals surface area contributed by atoms with Crippen molar-refractivity contribution in [1.29, 1.82) is 0 Å². The molecule has 58 heavy (non-hydrogen) atoms. The number of rotatable bonds is 0. The molecule has 4 heteroatoms. The highest BCUT2D eigenvalue weighted by Gasteiger charge is 2.42. The molecular formula is C54H38N2O2. The summed E-state index contributed by atoms with van der Waals surface area (Å²) in [4.78, 5) is 32.3. The fraction of sp³-hybridized carbons (Fsp3) is 0.148. The molecule has 0 radical (unpaired) electrons. The van der Waals surface area contributed by atoms with Crippen LogP contribution in [0.4, 0.5) is 0 Å². The summed E-state index contributed by atoms with van der Waals surface area (Å²) >= 11 is 0. The van der Waals surface area contributed by atoms with E-state index in [9.17, 15) is 0 Å². The first-order valence-corrected chi connectivity index (χ1v) is 20.4. The molecule has 1 aliphatic carbocycles. The standard InChI is InChI=1S/C54H38N2O2/c1-53(2,3)27-23-37-29-15-7-11-19-33(29)47-41-42(48-34-20-12-8-16-30(34)38(24-27)45(37)55(47)48)52(58)44-43(51(41)57)49-35-21-13-9-17-31(35)39-25-28(54(4,5)6)26-40-32-18-10-14-22-36(32)50(44)56(49)46(39)40/h7-26H,1-6H3. The maximum absolute atomic E-state index is 16.1. The van der Waals surface area contributed by atoms with E-state index in [1.165, 1.54) is 11.1 Å². The van der Waals surface area contributed by atoms with E-state index in [1.807, 2.05) is 0 Å². The maximum Gasteiger partial charge on any atom is 0.198 e. The van der Waals surface area contributed by atoms with Crippen molar-refractivity contribution in [3.05, 3.63) is 155 Å². The minimum atomic E-state index is -0.0950. The van der Waals surface area contributed by atoms with Crippen molar-refractivity contribution in [1.82, 2.24) is 8.80 Å². The Morgan fingerprint density at radius 1 is 0.310 bits per heavy atom. The highest BCUT2D eigenvalue weighted by atomic mass is 16.1. The summed E-state index contributed by atoms with van der Waals surface area (Å²) in [6.07, 6.45) is 0. The van der Waals surface area contributed by atoms with E-state index in [0.29, 0.717) is 22.3 Å². The summed E-state index contributed by atoms with van der Waals surface area (Å²) in [6, 6.07) is 43.2. The molecule has 0 bridgehead atoms. The van der Waals surface area contributed by atoms with Gasteiger partial charge in [-0.2, -0.15) is 0 Å². The van der Waals surface area contributed by atoms with Gasteiger partial charge in [-0.15, -0.1) is 0 Å². The quantitative estimate of drug-likeness (QED) is 0.115. The molecule has 0 saturated carbocycles. The predicted octanol–water partition coefficient (Wildman–Crippen LogP) is 13.7. The van der Waals surface area contributed by atoms with Crippen LogP contribution < -0.4 is 0 Å². The van der Waals surface area contributed by atoms with E-state index < -0.39 is 0 Å². The third kappa shape index (κ3) is 3.64. The number of carbonyl (C=O) groups is 2. The Labute approximate surface area is 333 Å². The fourth-order valence-corrected chi connectivity index (χ4v) is 10.9. The average Bonchev–Trinajstić information content (AvgIpc) is 3.78. The minimum Gasteiger partial charge on any atom is -0.306 e. The minimum absolute atomic E-state index is 0.0920. The summed E-state index contributed by atoms with van der Waals surface area (Å²) in [6.45, 7) is 13.6. The number of fused-ring (bicyclic) bond motifs is 18. The summed E-state index contributed by atoms with van der Waals surface area (Å²) in [5.41, 5.74) is 9.68. The first-order chi connectivity index (χ1) is 27.9. The van der Waals surface area contributed by atoms with Gasteiger partial charge in [-0.25, -0.2) is 0 Å². The number of hydrogen-bond donors (Lipinski definition) is 0. The van der Waals surface area contributed by atoms with Gasteiger partial charge in [0, 0.05) is 43.1 Å². The lowest BCUT2D eigenvalue weighted by molar-refractivity contribution is 0.0985. The molecule has 0 aliphatic heterocycles. The molecule has 6 heterocycles. The number of nitrogens with zero attached hydrogens (tertiary/aromatic N) is 2. The van der Waals surface area contributed by atoms with E-state index in [0.717, 1.165) is 97.7 Å². The molecule has 4 nitrogen and oxygen atoms in total. The highest BCUT2D eigenvalue weighted by Crippen LogP contribution is 2.51. The molecule has 6 aromatic heterocycles. The lowest BCUT2D eigenvalue weighted by Gasteiger charge is -2.23.